The number of benzene rings is 4. The number of furan rings is 1. The smallest absolute Gasteiger partial charge is 0.335 e. The van der Waals surface area contributed by atoms with Crippen LogP contribution in [-0.4, -0.2) is 31.5 Å². The first-order valence-corrected chi connectivity index (χ1v) is 13.5. The van der Waals surface area contributed by atoms with Crippen molar-refractivity contribution in [1.82, 2.24) is 14.2 Å². The van der Waals surface area contributed by atoms with Crippen LogP contribution in [0.15, 0.2) is 118 Å². The molecule has 0 aliphatic heterocycles. The number of carbonyl (C=O) groups is 1. The van der Waals surface area contributed by atoms with Crippen molar-refractivity contribution < 1.29 is 14.3 Å². The molecule has 0 radical (unpaired) electrons. The van der Waals surface area contributed by atoms with E-state index in [1.54, 1.807) is 66.9 Å². The van der Waals surface area contributed by atoms with Crippen molar-refractivity contribution in [2.45, 2.75) is 6.54 Å². The fraction of sp³-hybridized carbons (Fsp3) is 0.0303. The molecule has 0 aliphatic rings. The number of hydrogen-bond acceptors (Lipinski definition) is 5. The number of rotatable bonds is 6. The van der Waals surface area contributed by atoms with E-state index in [0.717, 1.165) is 27.4 Å². The van der Waals surface area contributed by atoms with Crippen LogP contribution in [0.25, 0.3) is 44.4 Å². The molecule has 0 atom stereocenters. The van der Waals surface area contributed by atoms with Crippen LogP contribution in [0, 0.1) is 0 Å². The van der Waals surface area contributed by atoms with Gasteiger partial charge in [-0.05, 0) is 60.2 Å². The summed E-state index contributed by atoms with van der Waals surface area (Å²) in [6.07, 6.45) is 3.57. The number of aromatic carboxylic acids is 1. The zero-order valence-corrected chi connectivity index (χ0v) is 22.7. The first-order valence-electron chi connectivity index (χ1n) is 13.1. The average Bonchev–Trinajstić information content (AvgIpc) is 3.58. The Morgan fingerprint density at radius 1 is 0.952 bits per heavy atom. The number of carboxylic acids is 1. The Morgan fingerprint density at radius 3 is 2.62 bits per heavy atom. The number of hydrogen-bond donors (Lipinski definition) is 1. The van der Waals surface area contributed by atoms with Crippen LogP contribution in [-0.2, 0) is 6.54 Å². The van der Waals surface area contributed by atoms with Gasteiger partial charge in [0.15, 0.2) is 5.76 Å². The minimum atomic E-state index is -0.972. The van der Waals surface area contributed by atoms with Gasteiger partial charge in [-0.3, -0.25) is 4.79 Å². The summed E-state index contributed by atoms with van der Waals surface area (Å²) in [6.45, 7) is 0.458. The first-order chi connectivity index (χ1) is 20.4. The molecular formula is C33H21ClN4O4. The predicted octanol–water partition coefficient (Wildman–Crippen LogP) is 7.05. The predicted molar refractivity (Wildman–Crippen MR) is 164 cm³/mol. The molecule has 8 nitrogen and oxygen atoms in total. The van der Waals surface area contributed by atoms with Gasteiger partial charge in [0.1, 0.15) is 5.58 Å². The molecule has 0 amide bonds. The summed E-state index contributed by atoms with van der Waals surface area (Å²) in [4.78, 5) is 29.9. The lowest BCUT2D eigenvalue weighted by Crippen LogP contribution is -2.20. The largest absolute Gasteiger partial charge is 0.478 e. The van der Waals surface area contributed by atoms with E-state index in [1.807, 2.05) is 47.2 Å². The summed E-state index contributed by atoms with van der Waals surface area (Å²) in [6, 6.07) is 28.9. The molecule has 1 N–H and O–H groups in total. The Bertz CT molecular complexity index is 2260. The zero-order valence-electron chi connectivity index (χ0n) is 21.9. The Morgan fingerprint density at radius 2 is 1.76 bits per heavy atom. The summed E-state index contributed by atoms with van der Waals surface area (Å²) in [5.74, 6) is -0.329. The molecule has 3 aromatic heterocycles. The SMILES string of the molecule is O=C(O)c1cccc(Cn2cc(C=Nn3c(-c4cc5cc(Cl)ccc5o4)nc4ccccc4c3=O)c3ccccc32)c1. The number of para-hydroxylation sites is 2. The molecule has 42 heavy (non-hydrogen) atoms. The fourth-order valence-corrected chi connectivity index (χ4v) is 5.32. The molecule has 0 unspecified atom stereocenters. The maximum absolute atomic E-state index is 13.7. The van der Waals surface area contributed by atoms with Gasteiger partial charge in [0.2, 0.25) is 5.82 Å². The highest BCUT2D eigenvalue weighted by Crippen LogP contribution is 2.29. The van der Waals surface area contributed by atoms with E-state index >= 15 is 0 Å². The molecule has 3 heterocycles. The Labute approximate surface area is 243 Å². The lowest BCUT2D eigenvalue weighted by Gasteiger charge is -2.07. The van der Waals surface area contributed by atoms with Gasteiger partial charge >= 0.3 is 5.97 Å². The second-order valence-corrected chi connectivity index (χ2v) is 10.3. The quantitative estimate of drug-likeness (QED) is 0.215. The van der Waals surface area contributed by atoms with Crippen molar-refractivity contribution >= 4 is 56.6 Å². The van der Waals surface area contributed by atoms with E-state index in [4.69, 9.17) is 21.0 Å². The van der Waals surface area contributed by atoms with Crippen LogP contribution in [0.4, 0.5) is 0 Å². The molecule has 7 aromatic rings. The van der Waals surface area contributed by atoms with Crippen LogP contribution in [0.1, 0.15) is 21.5 Å². The van der Waals surface area contributed by atoms with Crippen LogP contribution in [0.3, 0.4) is 0 Å². The lowest BCUT2D eigenvalue weighted by molar-refractivity contribution is 0.0696. The molecule has 0 bridgehead atoms. The fourth-order valence-electron chi connectivity index (χ4n) is 5.14. The molecular weight excluding hydrogens is 552 g/mol. The third-order valence-corrected chi connectivity index (χ3v) is 7.35. The summed E-state index contributed by atoms with van der Waals surface area (Å²) in [7, 11) is 0. The van der Waals surface area contributed by atoms with E-state index in [2.05, 4.69) is 5.10 Å². The van der Waals surface area contributed by atoms with Crippen molar-refractivity contribution in [3.05, 3.63) is 135 Å². The summed E-state index contributed by atoms with van der Waals surface area (Å²) < 4.78 is 9.36. The highest BCUT2D eigenvalue weighted by molar-refractivity contribution is 6.31. The van der Waals surface area contributed by atoms with E-state index in [0.29, 0.717) is 33.8 Å². The van der Waals surface area contributed by atoms with Gasteiger partial charge < -0.3 is 14.1 Å². The number of nitrogens with zero attached hydrogens (tertiary/aromatic N) is 4. The number of carboxylic acid groups (broad SMARTS) is 1. The molecule has 0 fully saturated rings. The minimum absolute atomic E-state index is 0.231. The molecule has 9 heteroatoms. The standard InChI is InChI=1S/C33H21ClN4O4/c34-24-12-13-29-22(15-24)16-30(42-29)31-36-27-10-3-1-9-26(27)32(39)38(31)35-17-23-19-37(28-11-4-2-8-25(23)28)18-20-6-5-7-21(14-20)33(40)41/h1-17,19H,18H2,(H,40,41). The molecule has 0 saturated heterocycles. The molecule has 4 aromatic carbocycles. The van der Waals surface area contributed by atoms with Crippen molar-refractivity contribution in [1.29, 1.82) is 0 Å². The normalized spacial score (nSPS) is 11.7. The van der Waals surface area contributed by atoms with Gasteiger partial charge in [0.25, 0.3) is 5.56 Å². The van der Waals surface area contributed by atoms with Crippen LogP contribution in [0.5, 0.6) is 0 Å². The van der Waals surface area contributed by atoms with Gasteiger partial charge in [0.05, 0.1) is 22.7 Å². The molecule has 0 aliphatic carbocycles. The van der Waals surface area contributed by atoms with E-state index < -0.39 is 5.97 Å². The van der Waals surface area contributed by atoms with Gasteiger partial charge in [-0.25, -0.2) is 9.78 Å². The molecule has 0 saturated carbocycles. The lowest BCUT2D eigenvalue weighted by atomic mass is 10.1. The van der Waals surface area contributed by atoms with Crippen LogP contribution < -0.4 is 5.56 Å². The van der Waals surface area contributed by atoms with Crippen LogP contribution >= 0.6 is 11.6 Å². The average molecular weight is 573 g/mol. The molecule has 204 valence electrons. The van der Waals surface area contributed by atoms with Gasteiger partial charge in [0, 0.05) is 39.6 Å². The van der Waals surface area contributed by atoms with Crippen molar-refractivity contribution in [3.8, 4) is 11.6 Å². The summed E-state index contributed by atoms with van der Waals surface area (Å²) >= 11 is 6.18. The van der Waals surface area contributed by atoms with Gasteiger partial charge in [-0.2, -0.15) is 9.78 Å². The minimum Gasteiger partial charge on any atom is -0.478 e. The first kappa shape index (κ1) is 25.5. The summed E-state index contributed by atoms with van der Waals surface area (Å²) in [5.41, 5.74) is 3.61. The summed E-state index contributed by atoms with van der Waals surface area (Å²) in [5, 5.41) is 16.8. The van der Waals surface area contributed by atoms with Crippen molar-refractivity contribution in [2.75, 3.05) is 0 Å². The maximum Gasteiger partial charge on any atom is 0.335 e. The Balaban J connectivity index is 1.36. The third kappa shape index (κ3) is 4.53. The zero-order chi connectivity index (χ0) is 28.8. The number of halogens is 1. The number of aromatic nitrogens is 3. The van der Waals surface area contributed by atoms with Gasteiger partial charge in [-0.15, -0.1) is 0 Å². The van der Waals surface area contributed by atoms with Gasteiger partial charge in [-0.1, -0.05) is 54.1 Å². The van der Waals surface area contributed by atoms with E-state index in [-0.39, 0.29) is 16.9 Å². The van der Waals surface area contributed by atoms with Crippen LogP contribution in [0.2, 0.25) is 5.02 Å². The topological polar surface area (TPSA) is 103 Å². The Hall–Kier alpha value is -5.47. The second-order valence-electron chi connectivity index (χ2n) is 9.84. The highest BCUT2D eigenvalue weighted by Gasteiger charge is 2.17. The van der Waals surface area contributed by atoms with E-state index in [1.165, 1.54) is 4.68 Å². The molecule has 7 rings (SSSR count). The van der Waals surface area contributed by atoms with Crippen molar-refractivity contribution in [2.24, 2.45) is 5.10 Å². The van der Waals surface area contributed by atoms with Crippen molar-refractivity contribution in [3.63, 3.8) is 0 Å². The molecule has 0 spiro atoms. The maximum atomic E-state index is 13.7. The Kier molecular flexibility index (Phi) is 6.18. The van der Waals surface area contributed by atoms with E-state index in [9.17, 15) is 14.7 Å². The second kappa shape index (κ2) is 10.2. The highest BCUT2D eigenvalue weighted by atomic mass is 35.5. The third-order valence-electron chi connectivity index (χ3n) is 7.11. The number of fused-ring (bicyclic) bond motifs is 3. The monoisotopic (exact) mass is 572 g/mol.